The van der Waals surface area contributed by atoms with Gasteiger partial charge in [0, 0.05) is 37.3 Å². The number of likely N-dealkylation sites (tertiary alicyclic amines) is 1. The lowest BCUT2D eigenvalue weighted by Crippen LogP contribution is -2.37. The van der Waals surface area contributed by atoms with Crippen LogP contribution in [0.5, 0.6) is 0 Å². The molecule has 2 rings (SSSR count). The van der Waals surface area contributed by atoms with Crippen LogP contribution in [0.1, 0.15) is 24.4 Å². The average molecular weight is 301 g/mol. The molecule has 1 saturated heterocycles. The van der Waals surface area contributed by atoms with E-state index in [-0.39, 0.29) is 12.1 Å². The maximum absolute atomic E-state index is 13.9. The Bertz CT molecular complexity index is 475. The van der Waals surface area contributed by atoms with E-state index in [4.69, 9.17) is 5.73 Å². The van der Waals surface area contributed by atoms with Crippen LogP contribution in [-0.2, 0) is 0 Å². The van der Waals surface area contributed by atoms with Gasteiger partial charge in [-0.1, -0.05) is 0 Å². The number of halogens is 3. The molecule has 3 nitrogen and oxygen atoms in total. The van der Waals surface area contributed by atoms with Gasteiger partial charge in [0.1, 0.15) is 5.82 Å². The minimum absolute atomic E-state index is 0.111. The third-order valence-electron chi connectivity index (χ3n) is 4.12. The second kappa shape index (κ2) is 7.24. The number of nitrogens with zero attached hydrogens (tertiary/aromatic N) is 2. The van der Waals surface area contributed by atoms with E-state index in [1.807, 2.05) is 11.9 Å². The standard InChI is InChI=1S/C15H22F3N3/c1-20(6-7-21-4-2-3-5-21)15(10-19)11-8-13(17)14(18)9-12(11)16/h8-9,15H,2-7,10,19H2,1H3. The highest BCUT2D eigenvalue weighted by Crippen LogP contribution is 2.24. The van der Waals surface area contributed by atoms with E-state index < -0.39 is 23.5 Å². The third-order valence-corrected chi connectivity index (χ3v) is 4.12. The predicted molar refractivity (Wildman–Crippen MR) is 76.4 cm³/mol. The fraction of sp³-hybridized carbons (Fsp3) is 0.600. The van der Waals surface area contributed by atoms with E-state index in [0.717, 1.165) is 25.7 Å². The highest BCUT2D eigenvalue weighted by Gasteiger charge is 2.22. The SMILES string of the molecule is CN(CCN1CCCC1)C(CN)c1cc(F)c(F)cc1F. The summed E-state index contributed by atoms with van der Waals surface area (Å²) in [5, 5.41) is 0. The molecule has 1 heterocycles. The molecule has 1 fully saturated rings. The van der Waals surface area contributed by atoms with Crippen molar-refractivity contribution < 1.29 is 13.2 Å². The molecule has 1 atom stereocenters. The second-order valence-electron chi connectivity index (χ2n) is 5.57. The lowest BCUT2D eigenvalue weighted by Gasteiger charge is -2.29. The highest BCUT2D eigenvalue weighted by atomic mass is 19.2. The predicted octanol–water partition coefficient (Wildman–Crippen LogP) is 2.13. The Morgan fingerprint density at radius 1 is 1.14 bits per heavy atom. The summed E-state index contributed by atoms with van der Waals surface area (Å²) in [5.41, 5.74) is 5.82. The molecule has 0 amide bonds. The number of hydrogen-bond acceptors (Lipinski definition) is 3. The van der Waals surface area contributed by atoms with Crippen molar-refractivity contribution in [2.45, 2.75) is 18.9 Å². The van der Waals surface area contributed by atoms with E-state index in [2.05, 4.69) is 4.90 Å². The molecule has 1 aliphatic rings. The molecule has 0 aliphatic carbocycles. The van der Waals surface area contributed by atoms with Crippen molar-refractivity contribution in [1.82, 2.24) is 9.80 Å². The molecular formula is C15H22F3N3. The van der Waals surface area contributed by atoms with Crippen molar-refractivity contribution in [3.8, 4) is 0 Å². The van der Waals surface area contributed by atoms with Crippen molar-refractivity contribution in [3.05, 3.63) is 35.1 Å². The van der Waals surface area contributed by atoms with Crippen molar-refractivity contribution in [3.63, 3.8) is 0 Å². The minimum Gasteiger partial charge on any atom is -0.329 e. The van der Waals surface area contributed by atoms with Crippen molar-refractivity contribution in [2.75, 3.05) is 39.8 Å². The molecule has 118 valence electrons. The molecular weight excluding hydrogens is 279 g/mol. The summed E-state index contributed by atoms with van der Waals surface area (Å²) in [6, 6.07) is 1.04. The third kappa shape index (κ3) is 3.96. The zero-order valence-electron chi connectivity index (χ0n) is 12.3. The van der Waals surface area contributed by atoms with E-state index in [1.54, 1.807) is 0 Å². The molecule has 0 bridgehead atoms. The number of likely N-dealkylation sites (N-methyl/N-ethyl adjacent to an activating group) is 1. The van der Waals surface area contributed by atoms with Gasteiger partial charge in [-0.2, -0.15) is 0 Å². The molecule has 1 aromatic carbocycles. The van der Waals surface area contributed by atoms with Gasteiger partial charge in [-0.05, 0) is 39.0 Å². The Morgan fingerprint density at radius 2 is 1.76 bits per heavy atom. The van der Waals surface area contributed by atoms with Crippen molar-refractivity contribution in [1.29, 1.82) is 0 Å². The van der Waals surface area contributed by atoms with E-state index in [1.165, 1.54) is 12.8 Å². The first-order valence-corrected chi connectivity index (χ1v) is 7.30. The maximum atomic E-state index is 13.9. The summed E-state index contributed by atoms with van der Waals surface area (Å²) in [6.07, 6.45) is 2.42. The Hall–Kier alpha value is -1.11. The number of rotatable bonds is 6. The molecule has 0 spiro atoms. The molecule has 0 radical (unpaired) electrons. The molecule has 2 N–H and O–H groups in total. The lowest BCUT2D eigenvalue weighted by molar-refractivity contribution is 0.206. The molecule has 1 unspecified atom stereocenters. The van der Waals surface area contributed by atoms with Gasteiger partial charge >= 0.3 is 0 Å². The molecule has 0 aromatic heterocycles. The van der Waals surface area contributed by atoms with Crippen LogP contribution in [0.15, 0.2) is 12.1 Å². The maximum Gasteiger partial charge on any atom is 0.161 e. The fourth-order valence-electron chi connectivity index (χ4n) is 2.80. The van der Waals surface area contributed by atoms with E-state index >= 15 is 0 Å². The minimum atomic E-state index is -1.17. The van der Waals surface area contributed by atoms with Crippen LogP contribution < -0.4 is 5.73 Å². The number of benzene rings is 1. The smallest absolute Gasteiger partial charge is 0.161 e. The van der Waals surface area contributed by atoms with Crippen LogP contribution >= 0.6 is 0 Å². The Balaban J connectivity index is 2.05. The first-order chi connectivity index (χ1) is 10.0. The normalized spacial score (nSPS) is 17.6. The average Bonchev–Trinajstić information content (AvgIpc) is 2.96. The molecule has 21 heavy (non-hydrogen) atoms. The summed E-state index contributed by atoms with van der Waals surface area (Å²) in [5.74, 6) is -2.97. The topological polar surface area (TPSA) is 32.5 Å². The summed E-state index contributed by atoms with van der Waals surface area (Å²) in [4.78, 5) is 4.24. The van der Waals surface area contributed by atoms with Crippen molar-refractivity contribution in [2.24, 2.45) is 5.73 Å². The first kappa shape index (κ1) is 16.3. The molecule has 1 aromatic rings. The Labute approximate surface area is 123 Å². The quantitative estimate of drug-likeness (QED) is 0.817. The number of hydrogen-bond donors (Lipinski definition) is 1. The number of nitrogens with two attached hydrogens (primary N) is 1. The molecule has 6 heteroatoms. The Kier molecular flexibility index (Phi) is 5.61. The van der Waals surface area contributed by atoms with E-state index in [0.29, 0.717) is 12.6 Å². The fourth-order valence-corrected chi connectivity index (χ4v) is 2.80. The van der Waals surface area contributed by atoms with Crippen LogP contribution in [-0.4, -0.2) is 49.6 Å². The van der Waals surface area contributed by atoms with E-state index in [9.17, 15) is 13.2 Å². The van der Waals surface area contributed by atoms with Crippen LogP contribution in [0.25, 0.3) is 0 Å². The Morgan fingerprint density at radius 3 is 2.38 bits per heavy atom. The zero-order chi connectivity index (χ0) is 15.4. The highest BCUT2D eigenvalue weighted by molar-refractivity contribution is 5.24. The summed E-state index contributed by atoms with van der Waals surface area (Å²) >= 11 is 0. The van der Waals surface area contributed by atoms with Crippen LogP contribution in [0.2, 0.25) is 0 Å². The lowest BCUT2D eigenvalue weighted by atomic mass is 10.0. The van der Waals surface area contributed by atoms with Gasteiger partial charge < -0.3 is 10.6 Å². The van der Waals surface area contributed by atoms with Gasteiger partial charge in [0.2, 0.25) is 0 Å². The van der Waals surface area contributed by atoms with Gasteiger partial charge in [0.15, 0.2) is 11.6 Å². The van der Waals surface area contributed by atoms with Crippen LogP contribution in [0.4, 0.5) is 13.2 Å². The van der Waals surface area contributed by atoms with Crippen molar-refractivity contribution >= 4 is 0 Å². The van der Waals surface area contributed by atoms with Crippen LogP contribution in [0.3, 0.4) is 0 Å². The van der Waals surface area contributed by atoms with Gasteiger partial charge in [-0.15, -0.1) is 0 Å². The van der Waals surface area contributed by atoms with Gasteiger partial charge in [-0.25, -0.2) is 13.2 Å². The summed E-state index contributed by atoms with van der Waals surface area (Å²) < 4.78 is 40.2. The van der Waals surface area contributed by atoms with Gasteiger partial charge in [0.05, 0.1) is 0 Å². The second-order valence-corrected chi connectivity index (χ2v) is 5.57. The molecule has 0 saturated carbocycles. The van der Waals surface area contributed by atoms with Crippen LogP contribution in [0, 0.1) is 17.5 Å². The molecule has 1 aliphatic heterocycles. The summed E-state index contributed by atoms with van der Waals surface area (Å²) in [7, 11) is 1.83. The monoisotopic (exact) mass is 301 g/mol. The van der Waals surface area contributed by atoms with Gasteiger partial charge in [0.25, 0.3) is 0 Å². The first-order valence-electron chi connectivity index (χ1n) is 7.30. The zero-order valence-corrected chi connectivity index (χ0v) is 12.3. The van der Waals surface area contributed by atoms with Gasteiger partial charge in [-0.3, -0.25) is 4.90 Å². The largest absolute Gasteiger partial charge is 0.329 e. The summed E-state index contributed by atoms with van der Waals surface area (Å²) in [6.45, 7) is 3.90.